The molecule has 3 N–H and O–H groups in total. The van der Waals surface area contributed by atoms with Crippen molar-refractivity contribution in [3.8, 4) is 5.75 Å². The zero-order valence-corrected chi connectivity index (χ0v) is 43.6. The third kappa shape index (κ3) is 12.5. The number of fused-ring (bicyclic) bond motifs is 5. The molecule has 0 spiro atoms. The molecule has 0 aromatic heterocycles. The number of nitrogens with zero attached hydrogens (tertiary/aromatic N) is 3. The van der Waals surface area contributed by atoms with Crippen molar-refractivity contribution in [3.05, 3.63) is 46.5 Å². The number of hydroxylamine groups is 2. The second-order valence-corrected chi connectivity index (χ2v) is 22.2. The number of carbonyl (C=O) groups is 6. The fourth-order valence-electron chi connectivity index (χ4n) is 10.9. The minimum absolute atomic E-state index is 0.0435. The normalized spacial score (nSPS) is 35.8. The van der Waals surface area contributed by atoms with Gasteiger partial charge in [0, 0.05) is 53.4 Å². The number of nitrogens with one attached hydrogen (secondary N) is 1. The van der Waals surface area contributed by atoms with Gasteiger partial charge in [-0.25, -0.2) is 9.59 Å². The maximum atomic E-state index is 14.4. The van der Waals surface area contributed by atoms with Crippen LogP contribution >= 0.6 is 23.4 Å². The van der Waals surface area contributed by atoms with Gasteiger partial charge < -0.3 is 48.5 Å². The second-order valence-electron chi connectivity index (χ2n) is 20.6. The number of aliphatic hydroxyl groups excluding tert-OH is 1. The fourth-order valence-corrected chi connectivity index (χ4v) is 12.6. The third-order valence-electron chi connectivity index (χ3n) is 15.6. The summed E-state index contributed by atoms with van der Waals surface area (Å²) in [4.78, 5) is 87.4. The number of methoxy groups -OCH3 is 2. The first-order valence-electron chi connectivity index (χ1n) is 24.8. The molecule has 3 saturated heterocycles. The van der Waals surface area contributed by atoms with Crippen LogP contribution < -0.4 is 15.0 Å². The summed E-state index contributed by atoms with van der Waals surface area (Å²) < 4.78 is 29.8. The molecule has 0 radical (unpaired) electrons. The van der Waals surface area contributed by atoms with Crippen LogP contribution in [-0.2, 0) is 54.2 Å². The number of epoxide rings is 1. The number of benzene rings is 1. The van der Waals surface area contributed by atoms with Crippen molar-refractivity contribution in [2.75, 3.05) is 45.5 Å². The Bertz CT molecular complexity index is 2230. The van der Waals surface area contributed by atoms with Gasteiger partial charge in [0.05, 0.1) is 42.4 Å². The second kappa shape index (κ2) is 22.8. The van der Waals surface area contributed by atoms with Crippen LogP contribution in [0, 0.1) is 29.6 Å². The van der Waals surface area contributed by atoms with Crippen molar-refractivity contribution in [1.29, 1.82) is 0 Å². The van der Waals surface area contributed by atoms with E-state index in [0.29, 0.717) is 75.1 Å². The van der Waals surface area contributed by atoms with Crippen molar-refractivity contribution in [2.24, 2.45) is 29.6 Å². The van der Waals surface area contributed by atoms with E-state index in [1.54, 1.807) is 48.9 Å². The molecular weight excluding hydrogens is 960 g/mol. The van der Waals surface area contributed by atoms with Gasteiger partial charge in [0.1, 0.15) is 40.9 Å². The van der Waals surface area contributed by atoms with E-state index in [4.69, 9.17) is 40.1 Å². The minimum atomic E-state index is -1.83. The van der Waals surface area contributed by atoms with Crippen LogP contribution in [0.4, 0.5) is 10.5 Å². The maximum Gasteiger partial charge on any atom is 0.409 e. The number of thioether (sulfide) groups is 1. The molecule has 6 aliphatic rings. The summed E-state index contributed by atoms with van der Waals surface area (Å²) in [5, 5.41) is 26.2. The van der Waals surface area contributed by atoms with Crippen molar-refractivity contribution >= 4 is 64.8 Å². The van der Waals surface area contributed by atoms with Gasteiger partial charge in [0.25, 0.3) is 5.91 Å². The molecule has 2 saturated carbocycles. The van der Waals surface area contributed by atoms with Gasteiger partial charge in [-0.15, -0.1) is 11.8 Å². The SMILES string of the molecule is COc1cc2cc(c1Cl)N(C)C(=O)C[C@H](OC(=O)[C@H]1CC[C@H](CSC3CC(O)N(C[C@H]4CC[C@H](C(=O)ON(C)C(C)=O)CC4)C3=O)CC1)[C@]1(C)O[C@H]1[C@H](C)C1C[C@@](O)(NC(=O)O1)[C@H](OC)/C=C/C=C(\C)C2. The topological polar surface area (TPSA) is 223 Å². The number of hydrogen-bond acceptors (Lipinski definition) is 15. The minimum Gasteiger partial charge on any atom is -0.495 e. The highest BCUT2D eigenvalue weighted by atomic mass is 35.5. The van der Waals surface area contributed by atoms with Crippen LogP contribution in [0.5, 0.6) is 5.75 Å². The lowest BCUT2D eigenvalue weighted by atomic mass is 9.82. The van der Waals surface area contributed by atoms with Crippen LogP contribution in [0.1, 0.15) is 104 Å². The monoisotopic (exact) mass is 1030 g/mol. The Morgan fingerprint density at radius 2 is 1.68 bits per heavy atom. The summed E-state index contributed by atoms with van der Waals surface area (Å²) >= 11 is 8.40. The van der Waals surface area contributed by atoms with Gasteiger partial charge >= 0.3 is 18.0 Å². The standard InChI is InChI=1S/C51H71ClN4O14S/c1-28-10-9-11-40(66-8)51(64)25-38(67-49(63)53-51)29(2)45-50(4,69-45)41(24-42(58)54(5)36-21-33(20-28)22-37(65-7)44(36)52)68-47(61)34-18-14-32(15-19-34)27-71-39-23-43(59)56(46(39)60)26-31-12-16-35(17-13-31)48(62)70-55(6)30(3)57/h9-11,21-22,29,31-32,34-35,38-41,43,45,59,64H,12-20,23-27H2,1-8H3,(H,53,63)/b11-9+,28-10+/t29-,31-,32-,34-,35-,38?,39?,40-,41+,43?,45+,50+,51+/m1/s1. The molecule has 4 heterocycles. The number of hydrogen-bond donors (Lipinski definition) is 3. The molecule has 392 valence electrons. The highest BCUT2D eigenvalue weighted by molar-refractivity contribution is 8.00. The number of allylic oxidation sites excluding steroid dienone is 3. The number of aliphatic hydroxyl groups is 2. The summed E-state index contributed by atoms with van der Waals surface area (Å²) in [7, 11) is 5.96. The first kappa shape index (κ1) is 54.4. The lowest BCUT2D eigenvalue weighted by Gasteiger charge is -2.42. The molecule has 4 amide bonds. The van der Waals surface area contributed by atoms with Crippen molar-refractivity contribution in [1.82, 2.24) is 15.3 Å². The Labute approximate surface area is 425 Å². The molecule has 7 rings (SSSR count). The smallest absolute Gasteiger partial charge is 0.409 e. The molecular formula is C51H71ClN4O14S. The molecule has 20 heteroatoms. The van der Waals surface area contributed by atoms with Gasteiger partial charge in [0.15, 0.2) is 5.72 Å². The van der Waals surface area contributed by atoms with E-state index in [0.717, 1.165) is 29.0 Å². The van der Waals surface area contributed by atoms with Crippen LogP contribution in [0.3, 0.4) is 0 Å². The molecule has 4 bridgehead atoms. The van der Waals surface area contributed by atoms with Crippen molar-refractivity contribution in [2.45, 2.75) is 152 Å². The van der Waals surface area contributed by atoms with Gasteiger partial charge in [-0.1, -0.05) is 42.3 Å². The number of likely N-dealkylation sites (tertiary alicyclic amines) is 1. The predicted octanol–water partition coefficient (Wildman–Crippen LogP) is 5.87. The number of rotatable bonds is 10. The summed E-state index contributed by atoms with van der Waals surface area (Å²) in [6.07, 6.45) is 5.71. The summed E-state index contributed by atoms with van der Waals surface area (Å²) in [6.45, 7) is 7.28. The first-order chi connectivity index (χ1) is 33.6. The van der Waals surface area contributed by atoms with E-state index in [1.165, 1.54) is 33.1 Å². The molecule has 71 heavy (non-hydrogen) atoms. The number of amides is 4. The average Bonchev–Trinajstić information content (AvgIpc) is 3.96. The summed E-state index contributed by atoms with van der Waals surface area (Å²) in [6, 6.07) is 3.63. The lowest BCUT2D eigenvalue weighted by molar-refractivity contribution is -0.196. The fraction of sp³-hybridized carbons (Fsp3) is 0.686. The Kier molecular flexibility index (Phi) is 17.5. The molecule has 5 fully saturated rings. The van der Waals surface area contributed by atoms with Gasteiger partial charge in [0.2, 0.25) is 11.8 Å². The molecule has 1 aromatic carbocycles. The average molecular weight is 1030 g/mol. The quantitative estimate of drug-likeness (QED) is 0.142. The zero-order chi connectivity index (χ0) is 51.5. The van der Waals surface area contributed by atoms with E-state index in [2.05, 4.69) is 5.32 Å². The van der Waals surface area contributed by atoms with E-state index in [1.807, 2.05) is 26.0 Å². The largest absolute Gasteiger partial charge is 0.495 e. The highest BCUT2D eigenvalue weighted by Gasteiger charge is 2.64. The summed E-state index contributed by atoms with van der Waals surface area (Å²) in [5.41, 5.74) is -0.845. The van der Waals surface area contributed by atoms with Crippen LogP contribution in [-0.4, -0.2) is 144 Å². The number of halogens is 1. The van der Waals surface area contributed by atoms with E-state index in [-0.39, 0.29) is 58.6 Å². The van der Waals surface area contributed by atoms with E-state index < -0.39 is 71.8 Å². The van der Waals surface area contributed by atoms with Gasteiger partial charge in [-0.05, 0) is 107 Å². The molecule has 18 nitrogen and oxygen atoms in total. The van der Waals surface area contributed by atoms with Crippen LogP contribution in [0.2, 0.25) is 5.02 Å². The molecule has 9 atom stereocenters. The number of alkyl carbamates (subject to hydrolysis) is 1. The van der Waals surface area contributed by atoms with Crippen LogP contribution in [0.15, 0.2) is 35.9 Å². The van der Waals surface area contributed by atoms with Crippen molar-refractivity contribution < 1.29 is 67.5 Å². The molecule has 4 aliphatic heterocycles. The van der Waals surface area contributed by atoms with E-state index in [9.17, 15) is 39.0 Å². The molecule has 3 unspecified atom stereocenters. The zero-order valence-electron chi connectivity index (χ0n) is 42.1. The third-order valence-corrected chi connectivity index (χ3v) is 17.4. The summed E-state index contributed by atoms with van der Waals surface area (Å²) in [5.74, 6) is -1.54. The number of esters is 1. The molecule has 1 aromatic rings. The van der Waals surface area contributed by atoms with Gasteiger partial charge in [-0.3, -0.25) is 24.5 Å². The predicted molar refractivity (Wildman–Crippen MR) is 263 cm³/mol. The Morgan fingerprint density at radius 1 is 1.01 bits per heavy atom. The van der Waals surface area contributed by atoms with Crippen molar-refractivity contribution in [3.63, 3.8) is 0 Å². The van der Waals surface area contributed by atoms with Gasteiger partial charge in [-0.2, -0.15) is 5.06 Å². The first-order valence-corrected chi connectivity index (χ1v) is 26.2. The molecule has 2 aliphatic carbocycles. The Balaban J connectivity index is 0.989. The van der Waals surface area contributed by atoms with Crippen LogP contribution in [0.25, 0.3) is 0 Å². The highest BCUT2D eigenvalue weighted by Crippen LogP contribution is 2.50. The Morgan fingerprint density at radius 3 is 2.32 bits per heavy atom. The lowest BCUT2D eigenvalue weighted by Crippen LogP contribution is -2.63. The van der Waals surface area contributed by atoms with E-state index >= 15 is 0 Å². The number of ether oxygens (including phenoxy) is 5. The number of anilines is 1. The Hall–Kier alpha value is -4.40. The number of carbonyl (C=O) groups excluding carboxylic acids is 6. The maximum absolute atomic E-state index is 14.4.